The Morgan fingerprint density at radius 2 is 1.84 bits per heavy atom. The van der Waals surface area contributed by atoms with Gasteiger partial charge in [0.05, 0.1) is 18.7 Å². The van der Waals surface area contributed by atoms with Crippen molar-refractivity contribution in [3.05, 3.63) is 54.1 Å². The molecule has 1 fully saturated rings. The molecule has 1 saturated heterocycles. The predicted octanol–water partition coefficient (Wildman–Crippen LogP) is 2.78. The first-order chi connectivity index (χ1) is 12.2. The lowest BCUT2D eigenvalue weighted by molar-refractivity contribution is -0.121. The average Bonchev–Trinajstić information content (AvgIpc) is 3.17. The van der Waals surface area contributed by atoms with Gasteiger partial charge in [0.15, 0.2) is 0 Å². The fraction of sp³-hybridized carbons (Fsp3) is 0.300. The van der Waals surface area contributed by atoms with Gasteiger partial charge in [-0.3, -0.25) is 9.59 Å². The van der Waals surface area contributed by atoms with Crippen molar-refractivity contribution in [3.63, 3.8) is 0 Å². The van der Waals surface area contributed by atoms with E-state index in [1.54, 1.807) is 24.3 Å². The van der Waals surface area contributed by atoms with Crippen molar-refractivity contribution < 1.29 is 14.3 Å². The van der Waals surface area contributed by atoms with E-state index in [2.05, 4.69) is 11.0 Å². The largest absolute Gasteiger partial charge is 0.494 e. The van der Waals surface area contributed by atoms with Crippen LogP contribution in [0.1, 0.15) is 18.9 Å². The summed E-state index contributed by atoms with van der Waals surface area (Å²) in [5.74, 6) is 0.435. The van der Waals surface area contributed by atoms with Gasteiger partial charge in [-0.05, 0) is 49.2 Å². The molecule has 0 aromatic heterocycles. The maximum Gasteiger partial charge on any atom is 0.256 e. The highest BCUT2D eigenvalue weighted by atomic mass is 16.5. The number of anilines is 2. The van der Waals surface area contributed by atoms with Gasteiger partial charge in [-0.2, -0.15) is 0 Å². The van der Waals surface area contributed by atoms with Gasteiger partial charge in [0, 0.05) is 12.2 Å². The monoisotopic (exact) mass is 336 g/mol. The van der Waals surface area contributed by atoms with E-state index in [0.29, 0.717) is 12.3 Å². The fourth-order valence-electron chi connectivity index (χ4n) is 3.68. The van der Waals surface area contributed by atoms with Crippen LogP contribution in [0.3, 0.4) is 0 Å². The average molecular weight is 336 g/mol. The lowest BCUT2D eigenvalue weighted by atomic mass is 10.1. The Morgan fingerprint density at radius 1 is 1.08 bits per heavy atom. The van der Waals surface area contributed by atoms with Gasteiger partial charge in [-0.1, -0.05) is 18.2 Å². The number of benzene rings is 2. The summed E-state index contributed by atoms with van der Waals surface area (Å²) in [6.07, 6.45) is 1.14. The van der Waals surface area contributed by atoms with Crippen molar-refractivity contribution in [2.24, 2.45) is 0 Å². The summed E-state index contributed by atoms with van der Waals surface area (Å²) in [5.41, 5.74) is 2.91. The van der Waals surface area contributed by atoms with Crippen molar-refractivity contribution in [3.8, 4) is 5.75 Å². The summed E-state index contributed by atoms with van der Waals surface area (Å²) in [5, 5.41) is 0. The molecule has 5 nitrogen and oxygen atoms in total. The third-order valence-corrected chi connectivity index (χ3v) is 4.83. The van der Waals surface area contributed by atoms with Crippen LogP contribution in [0, 0.1) is 0 Å². The van der Waals surface area contributed by atoms with Crippen LogP contribution in [-0.2, 0) is 16.0 Å². The lowest BCUT2D eigenvalue weighted by Crippen LogP contribution is -2.41. The molecule has 0 N–H and O–H groups in total. The van der Waals surface area contributed by atoms with Crippen LogP contribution < -0.4 is 14.5 Å². The van der Waals surface area contributed by atoms with Crippen LogP contribution in [0.25, 0.3) is 0 Å². The highest BCUT2D eigenvalue weighted by Gasteiger charge is 2.44. The Labute approximate surface area is 146 Å². The Balaban J connectivity index is 1.59. The summed E-state index contributed by atoms with van der Waals surface area (Å²) in [6.45, 7) is 3.28. The Bertz CT molecular complexity index is 816. The number of carbonyl (C=O) groups excluding carboxylic acids is 2. The van der Waals surface area contributed by atoms with E-state index in [9.17, 15) is 9.59 Å². The zero-order valence-corrected chi connectivity index (χ0v) is 14.1. The van der Waals surface area contributed by atoms with Crippen LogP contribution in [0.15, 0.2) is 48.5 Å². The molecule has 0 radical (unpaired) electrons. The number of imide groups is 1. The van der Waals surface area contributed by atoms with Crippen molar-refractivity contribution in [1.82, 2.24) is 0 Å². The predicted molar refractivity (Wildman–Crippen MR) is 96.0 cm³/mol. The maximum atomic E-state index is 13.0. The molecule has 0 bridgehead atoms. The van der Waals surface area contributed by atoms with E-state index in [0.717, 1.165) is 24.4 Å². The second-order valence-corrected chi connectivity index (χ2v) is 6.29. The standard InChI is InChI=1S/C20H20N2O3/c1-2-25-16-9-7-15(8-10-16)22-19(23)13-18(20(22)24)21-12-11-14-5-3-4-6-17(14)21/h3-10,18H,2,11-13H2,1H3/t18-/m0/s1. The van der Waals surface area contributed by atoms with Crippen LogP contribution in [0.4, 0.5) is 11.4 Å². The summed E-state index contributed by atoms with van der Waals surface area (Å²) in [6, 6.07) is 14.8. The van der Waals surface area contributed by atoms with Gasteiger partial charge in [-0.25, -0.2) is 4.90 Å². The number of nitrogens with zero attached hydrogens (tertiary/aromatic N) is 2. The van der Waals surface area contributed by atoms with Gasteiger partial charge in [0.1, 0.15) is 11.8 Å². The van der Waals surface area contributed by atoms with Gasteiger partial charge in [-0.15, -0.1) is 0 Å². The highest BCUT2D eigenvalue weighted by Crippen LogP contribution is 2.34. The molecule has 25 heavy (non-hydrogen) atoms. The minimum absolute atomic E-state index is 0.147. The number of para-hydroxylation sites is 1. The van der Waals surface area contributed by atoms with E-state index in [1.165, 1.54) is 10.5 Å². The SMILES string of the molecule is CCOc1ccc(N2C(=O)C[C@H](N3CCc4ccccc43)C2=O)cc1. The van der Waals surface area contributed by atoms with Crippen LogP contribution in [-0.4, -0.2) is 31.0 Å². The molecule has 0 unspecified atom stereocenters. The minimum atomic E-state index is -0.414. The summed E-state index contributed by atoms with van der Waals surface area (Å²) < 4.78 is 5.42. The number of carbonyl (C=O) groups is 2. The number of fused-ring (bicyclic) bond motifs is 1. The fourth-order valence-corrected chi connectivity index (χ4v) is 3.68. The summed E-state index contributed by atoms with van der Waals surface area (Å²) >= 11 is 0. The first-order valence-corrected chi connectivity index (χ1v) is 8.63. The van der Waals surface area contributed by atoms with Crippen LogP contribution in [0.2, 0.25) is 0 Å². The normalized spacial score (nSPS) is 19.5. The zero-order valence-electron chi connectivity index (χ0n) is 14.1. The van der Waals surface area contributed by atoms with Crippen molar-refractivity contribution in [2.45, 2.75) is 25.8 Å². The van der Waals surface area contributed by atoms with Crippen LogP contribution >= 0.6 is 0 Å². The molecule has 2 amide bonds. The molecule has 2 heterocycles. The molecule has 1 atom stereocenters. The molecule has 128 valence electrons. The molecule has 2 aliphatic heterocycles. The van der Waals surface area contributed by atoms with E-state index in [1.807, 2.05) is 25.1 Å². The number of ether oxygens (including phenoxy) is 1. The third-order valence-electron chi connectivity index (χ3n) is 4.83. The molecule has 0 saturated carbocycles. The van der Waals surface area contributed by atoms with E-state index in [-0.39, 0.29) is 18.2 Å². The Kier molecular flexibility index (Phi) is 3.92. The first-order valence-electron chi connectivity index (χ1n) is 8.63. The maximum absolute atomic E-state index is 13.0. The van der Waals surface area contributed by atoms with Gasteiger partial charge < -0.3 is 9.64 Å². The molecule has 2 aliphatic rings. The smallest absolute Gasteiger partial charge is 0.256 e. The van der Waals surface area contributed by atoms with Gasteiger partial charge in [0.25, 0.3) is 5.91 Å². The second-order valence-electron chi connectivity index (χ2n) is 6.29. The minimum Gasteiger partial charge on any atom is -0.494 e. The van der Waals surface area contributed by atoms with Crippen molar-refractivity contribution >= 4 is 23.2 Å². The third kappa shape index (κ3) is 2.65. The van der Waals surface area contributed by atoms with Crippen LogP contribution in [0.5, 0.6) is 5.75 Å². The quantitative estimate of drug-likeness (QED) is 0.806. The number of rotatable bonds is 4. The van der Waals surface area contributed by atoms with Crippen molar-refractivity contribution in [1.29, 1.82) is 0 Å². The molecule has 0 aliphatic carbocycles. The Hall–Kier alpha value is -2.82. The Morgan fingerprint density at radius 3 is 2.60 bits per heavy atom. The highest BCUT2D eigenvalue weighted by molar-refractivity contribution is 6.23. The molecule has 4 rings (SSSR count). The second kappa shape index (κ2) is 6.24. The number of amides is 2. The number of hydrogen-bond donors (Lipinski definition) is 0. The van der Waals surface area contributed by atoms with Crippen molar-refractivity contribution in [2.75, 3.05) is 23.0 Å². The molecule has 5 heteroatoms. The first kappa shape index (κ1) is 15.7. The van der Waals surface area contributed by atoms with E-state index in [4.69, 9.17) is 4.74 Å². The molecule has 2 aromatic carbocycles. The van der Waals surface area contributed by atoms with Gasteiger partial charge in [0.2, 0.25) is 5.91 Å². The van der Waals surface area contributed by atoms with E-state index >= 15 is 0 Å². The van der Waals surface area contributed by atoms with E-state index < -0.39 is 6.04 Å². The lowest BCUT2D eigenvalue weighted by Gasteiger charge is -2.25. The topological polar surface area (TPSA) is 49.9 Å². The number of hydrogen-bond acceptors (Lipinski definition) is 4. The molecule has 0 spiro atoms. The zero-order chi connectivity index (χ0) is 17.4. The summed E-state index contributed by atoms with van der Waals surface area (Å²) in [4.78, 5) is 28.9. The summed E-state index contributed by atoms with van der Waals surface area (Å²) in [7, 11) is 0. The van der Waals surface area contributed by atoms with Gasteiger partial charge >= 0.3 is 0 Å². The molecular formula is C20H20N2O3. The molecular weight excluding hydrogens is 316 g/mol. The molecule has 2 aromatic rings.